The second-order valence-corrected chi connectivity index (χ2v) is 4.42. The van der Waals surface area contributed by atoms with Gasteiger partial charge in [0, 0.05) is 11.6 Å². The molecule has 0 spiro atoms. The third-order valence-electron chi connectivity index (χ3n) is 2.66. The van der Waals surface area contributed by atoms with Crippen molar-refractivity contribution in [1.29, 1.82) is 0 Å². The average Bonchev–Trinajstić information content (AvgIpc) is 2.38. The molecule has 1 amide bonds. The Kier molecular flexibility index (Phi) is 3.95. The molecule has 0 saturated carbocycles. The number of hydrogen-bond acceptors (Lipinski definition) is 4. The third-order valence-corrected chi connectivity index (χ3v) is 2.87. The van der Waals surface area contributed by atoms with Crippen molar-refractivity contribution < 1.29 is 9.72 Å². The first-order chi connectivity index (χ1) is 9.49. The molecule has 0 saturated heterocycles. The number of hydrogen-bond donors (Lipinski definition) is 1. The number of carbonyl (C=O) groups excluding carboxylic acids is 1. The molecular weight excluding hydrogens is 282 g/mol. The van der Waals surface area contributed by atoms with Gasteiger partial charge in [-0.05, 0) is 24.6 Å². The third kappa shape index (κ3) is 2.92. The molecule has 0 fully saturated rings. The van der Waals surface area contributed by atoms with Crippen LogP contribution in [0.25, 0.3) is 0 Å². The number of aromatic nitrogens is 1. The van der Waals surface area contributed by atoms with E-state index in [9.17, 15) is 14.9 Å². The van der Waals surface area contributed by atoms with E-state index in [1.807, 2.05) is 0 Å². The highest BCUT2D eigenvalue weighted by Gasteiger charge is 2.19. The minimum Gasteiger partial charge on any atom is -0.301 e. The van der Waals surface area contributed by atoms with Gasteiger partial charge in [0.15, 0.2) is 0 Å². The Hall–Kier alpha value is -2.47. The van der Waals surface area contributed by atoms with Crippen LogP contribution < -0.4 is 5.32 Å². The van der Waals surface area contributed by atoms with Crippen LogP contribution >= 0.6 is 11.6 Å². The van der Waals surface area contributed by atoms with Crippen molar-refractivity contribution in [2.24, 2.45) is 0 Å². The molecule has 0 atom stereocenters. The fraction of sp³-hybridized carbons (Fsp3) is 0.0769. The standard InChI is InChI=1S/C13H10ClN3O3/c1-8-4-2-3-5-9(8)13(18)16-12-10(17(19)20)6-7-11(14)15-12/h2-7H,1H3,(H,15,16,18). The van der Waals surface area contributed by atoms with Crippen molar-refractivity contribution >= 4 is 29.0 Å². The first kappa shape index (κ1) is 14.0. The summed E-state index contributed by atoms with van der Waals surface area (Å²) in [5, 5.41) is 13.4. The lowest BCUT2D eigenvalue weighted by molar-refractivity contribution is -0.384. The Bertz CT molecular complexity index is 688. The van der Waals surface area contributed by atoms with Crippen LogP contribution in [0.3, 0.4) is 0 Å². The maximum atomic E-state index is 12.1. The van der Waals surface area contributed by atoms with Crippen LogP contribution in [0.5, 0.6) is 0 Å². The Morgan fingerprint density at radius 1 is 1.30 bits per heavy atom. The van der Waals surface area contributed by atoms with Crippen molar-refractivity contribution in [3.63, 3.8) is 0 Å². The van der Waals surface area contributed by atoms with E-state index in [1.54, 1.807) is 31.2 Å². The van der Waals surface area contributed by atoms with Crippen LogP contribution in [0.15, 0.2) is 36.4 Å². The first-order valence-corrected chi connectivity index (χ1v) is 6.05. The summed E-state index contributed by atoms with van der Waals surface area (Å²) in [4.78, 5) is 26.1. The highest BCUT2D eigenvalue weighted by Crippen LogP contribution is 2.24. The second kappa shape index (κ2) is 5.66. The molecular formula is C13H10ClN3O3. The van der Waals surface area contributed by atoms with Gasteiger partial charge in [0.2, 0.25) is 5.82 Å². The van der Waals surface area contributed by atoms with E-state index in [4.69, 9.17) is 11.6 Å². The average molecular weight is 292 g/mol. The highest BCUT2D eigenvalue weighted by molar-refractivity contribution is 6.29. The maximum Gasteiger partial charge on any atom is 0.311 e. The molecule has 6 nitrogen and oxygen atoms in total. The Morgan fingerprint density at radius 2 is 2.00 bits per heavy atom. The van der Waals surface area contributed by atoms with Crippen molar-refractivity contribution in [3.05, 3.63) is 62.8 Å². The molecule has 0 unspecified atom stereocenters. The molecule has 7 heteroatoms. The zero-order chi connectivity index (χ0) is 14.7. The number of halogens is 1. The van der Waals surface area contributed by atoms with E-state index in [1.165, 1.54) is 12.1 Å². The topological polar surface area (TPSA) is 85.1 Å². The maximum absolute atomic E-state index is 12.1. The van der Waals surface area contributed by atoms with Crippen molar-refractivity contribution in [1.82, 2.24) is 4.98 Å². The van der Waals surface area contributed by atoms with Crippen LogP contribution in [0.4, 0.5) is 11.5 Å². The molecule has 0 aliphatic heterocycles. The molecule has 0 radical (unpaired) electrons. The molecule has 2 aromatic rings. The Morgan fingerprint density at radius 3 is 2.65 bits per heavy atom. The fourth-order valence-electron chi connectivity index (χ4n) is 1.67. The summed E-state index contributed by atoms with van der Waals surface area (Å²) in [5.74, 6) is -0.642. The van der Waals surface area contributed by atoms with Crippen LogP contribution in [0, 0.1) is 17.0 Å². The summed E-state index contributed by atoms with van der Waals surface area (Å²) >= 11 is 5.70. The minimum absolute atomic E-state index is 0.0654. The van der Waals surface area contributed by atoms with Crippen LogP contribution in [-0.2, 0) is 0 Å². The van der Waals surface area contributed by atoms with Crippen molar-refractivity contribution in [3.8, 4) is 0 Å². The predicted octanol–water partition coefficient (Wildman–Crippen LogP) is 3.20. The zero-order valence-corrected chi connectivity index (χ0v) is 11.2. The molecule has 1 aromatic carbocycles. The predicted molar refractivity (Wildman–Crippen MR) is 75.0 cm³/mol. The van der Waals surface area contributed by atoms with Gasteiger partial charge in [-0.2, -0.15) is 0 Å². The molecule has 2 rings (SSSR count). The lowest BCUT2D eigenvalue weighted by Crippen LogP contribution is -2.15. The number of nitrogens with one attached hydrogen (secondary N) is 1. The van der Waals surface area contributed by atoms with E-state index in [2.05, 4.69) is 10.3 Å². The Labute approximate surface area is 119 Å². The second-order valence-electron chi connectivity index (χ2n) is 4.03. The van der Waals surface area contributed by atoms with Gasteiger partial charge in [0.25, 0.3) is 5.91 Å². The molecule has 102 valence electrons. The normalized spacial score (nSPS) is 10.1. The number of benzene rings is 1. The van der Waals surface area contributed by atoms with Crippen LogP contribution in [-0.4, -0.2) is 15.8 Å². The molecule has 0 bridgehead atoms. The number of anilines is 1. The van der Waals surface area contributed by atoms with Gasteiger partial charge in [-0.25, -0.2) is 4.98 Å². The molecule has 0 aliphatic carbocycles. The number of aryl methyl sites for hydroxylation is 1. The summed E-state index contributed by atoms with van der Waals surface area (Å²) in [5.41, 5.74) is 0.870. The summed E-state index contributed by atoms with van der Waals surface area (Å²) in [6.07, 6.45) is 0. The van der Waals surface area contributed by atoms with Gasteiger partial charge < -0.3 is 5.32 Å². The van der Waals surface area contributed by atoms with Crippen molar-refractivity contribution in [2.75, 3.05) is 5.32 Å². The summed E-state index contributed by atoms with van der Waals surface area (Å²) in [6, 6.07) is 9.40. The van der Waals surface area contributed by atoms with Gasteiger partial charge in [-0.15, -0.1) is 0 Å². The van der Waals surface area contributed by atoms with E-state index >= 15 is 0 Å². The fourth-order valence-corrected chi connectivity index (χ4v) is 1.82. The molecule has 1 N–H and O–H groups in total. The number of rotatable bonds is 3. The van der Waals surface area contributed by atoms with E-state index in [0.29, 0.717) is 5.56 Å². The van der Waals surface area contributed by atoms with Gasteiger partial charge in [-0.3, -0.25) is 14.9 Å². The monoisotopic (exact) mass is 291 g/mol. The first-order valence-electron chi connectivity index (χ1n) is 5.67. The lowest BCUT2D eigenvalue weighted by Gasteiger charge is -2.07. The van der Waals surface area contributed by atoms with Gasteiger partial charge in [0.05, 0.1) is 4.92 Å². The largest absolute Gasteiger partial charge is 0.311 e. The highest BCUT2D eigenvalue weighted by atomic mass is 35.5. The van der Waals surface area contributed by atoms with E-state index in [0.717, 1.165) is 5.56 Å². The SMILES string of the molecule is Cc1ccccc1C(=O)Nc1nc(Cl)ccc1[N+](=O)[O-]. The summed E-state index contributed by atoms with van der Waals surface area (Å²) in [6.45, 7) is 1.77. The zero-order valence-electron chi connectivity index (χ0n) is 10.5. The van der Waals surface area contributed by atoms with Gasteiger partial charge in [-0.1, -0.05) is 29.8 Å². The number of nitro groups is 1. The minimum atomic E-state index is -0.628. The summed E-state index contributed by atoms with van der Waals surface area (Å²) < 4.78 is 0. The molecule has 1 aromatic heterocycles. The summed E-state index contributed by atoms with van der Waals surface area (Å²) in [7, 11) is 0. The molecule has 1 heterocycles. The number of nitrogens with zero attached hydrogens (tertiary/aromatic N) is 2. The van der Waals surface area contributed by atoms with Crippen LogP contribution in [0.2, 0.25) is 5.15 Å². The van der Waals surface area contributed by atoms with E-state index in [-0.39, 0.29) is 16.7 Å². The smallest absolute Gasteiger partial charge is 0.301 e. The number of carbonyl (C=O) groups is 1. The number of pyridine rings is 1. The van der Waals surface area contributed by atoms with Gasteiger partial charge >= 0.3 is 5.69 Å². The van der Waals surface area contributed by atoms with Crippen molar-refractivity contribution in [2.45, 2.75) is 6.92 Å². The quantitative estimate of drug-likeness (QED) is 0.534. The Balaban J connectivity index is 2.35. The van der Waals surface area contributed by atoms with Gasteiger partial charge in [0.1, 0.15) is 5.15 Å². The van der Waals surface area contributed by atoms with E-state index < -0.39 is 10.8 Å². The lowest BCUT2D eigenvalue weighted by atomic mass is 10.1. The van der Waals surface area contributed by atoms with Crippen LogP contribution in [0.1, 0.15) is 15.9 Å². The number of amides is 1. The molecule has 20 heavy (non-hydrogen) atoms. The molecule has 0 aliphatic rings.